The first-order chi connectivity index (χ1) is 16.5. The maximum absolute atomic E-state index is 11.9. The van der Waals surface area contributed by atoms with Gasteiger partial charge in [0.1, 0.15) is 12.4 Å². The van der Waals surface area contributed by atoms with Crippen molar-refractivity contribution >= 4 is 50.9 Å². The van der Waals surface area contributed by atoms with E-state index in [1.807, 2.05) is 18.2 Å². The number of rotatable bonds is 5. The van der Waals surface area contributed by atoms with Gasteiger partial charge in [-0.25, -0.2) is 14.6 Å². The van der Waals surface area contributed by atoms with Gasteiger partial charge in [0.05, 0.1) is 34.4 Å². The fourth-order valence-electron chi connectivity index (χ4n) is 4.18. The van der Waals surface area contributed by atoms with Crippen molar-refractivity contribution in [2.75, 3.05) is 20.2 Å². The molecule has 1 fully saturated rings. The van der Waals surface area contributed by atoms with Crippen LogP contribution in [0.4, 0.5) is 0 Å². The van der Waals surface area contributed by atoms with E-state index in [1.165, 1.54) is 12.4 Å². The van der Waals surface area contributed by atoms with Gasteiger partial charge in [-0.1, -0.05) is 29.8 Å². The van der Waals surface area contributed by atoms with Crippen molar-refractivity contribution in [1.29, 1.82) is 0 Å². The normalized spacial score (nSPS) is 14.5. The maximum Gasteiger partial charge on any atom is 0.245 e. The topological polar surface area (TPSA) is 82.4 Å². The number of ether oxygens (including phenoxy) is 2. The molecule has 174 valence electrons. The van der Waals surface area contributed by atoms with Crippen molar-refractivity contribution in [1.82, 2.24) is 24.6 Å². The number of fused-ring (bicyclic) bond motifs is 2. The minimum Gasteiger partial charge on any atom is -0.493 e. The zero-order valence-electron chi connectivity index (χ0n) is 18.4. The Kier molecular flexibility index (Phi) is 6.02. The van der Waals surface area contributed by atoms with Crippen LogP contribution >= 0.6 is 23.2 Å². The molecule has 0 bridgehead atoms. The van der Waals surface area contributed by atoms with E-state index in [1.54, 1.807) is 29.0 Å². The number of hydrogen-bond donors (Lipinski definition) is 0. The number of amides is 1. The number of benzene rings is 2. The molecule has 0 spiro atoms. The smallest absolute Gasteiger partial charge is 0.245 e. The van der Waals surface area contributed by atoms with E-state index in [0.717, 1.165) is 16.3 Å². The van der Waals surface area contributed by atoms with Crippen molar-refractivity contribution < 1.29 is 14.3 Å². The van der Waals surface area contributed by atoms with Crippen LogP contribution in [0.25, 0.3) is 27.6 Å². The first kappa shape index (κ1) is 22.4. The molecule has 0 N–H and O–H groups in total. The lowest BCUT2D eigenvalue weighted by Crippen LogP contribution is -2.41. The Morgan fingerprint density at radius 1 is 1.15 bits per heavy atom. The largest absolute Gasteiger partial charge is 0.493 e. The molecule has 0 radical (unpaired) electrons. The second-order valence-electron chi connectivity index (χ2n) is 7.91. The van der Waals surface area contributed by atoms with E-state index >= 15 is 0 Å². The van der Waals surface area contributed by atoms with E-state index in [-0.39, 0.29) is 12.0 Å². The Labute approximate surface area is 205 Å². The molecule has 0 saturated carbocycles. The predicted octanol–water partition coefficient (Wildman–Crippen LogP) is 4.84. The highest BCUT2D eigenvalue weighted by molar-refractivity contribution is 6.45. The van der Waals surface area contributed by atoms with Crippen molar-refractivity contribution in [3.8, 4) is 17.3 Å². The third-order valence-electron chi connectivity index (χ3n) is 5.96. The summed E-state index contributed by atoms with van der Waals surface area (Å²) in [5.74, 6) is 1.67. The first-order valence-corrected chi connectivity index (χ1v) is 11.5. The van der Waals surface area contributed by atoms with Crippen LogP contribution in [-0.4, -0.2) is 56.9 Å². The van der Waals surface area contributed by atoms with Crippen molar-refractivity contribution in [2.24, 2.45) is 0 Å². The summed E-state index contributed by atoms with van der Waals surface area (Å²) >= 11 is 12.5. The lowest BCUT2D eigenvalue weighted by molar-refractivity contribution is -0.127. The second kappa shape index (κ2) is 9.12. The third kappa shape index (κ3) is 3.93. The molecule has 0 unspecified atom stereocenters. The zero-order valence-corrected chi connectivity index (χ0v) is 19.9. The van der Waals surface area contributed by atoms with Gasteiger partial charge in [-0.3, -0.25) is 4.79 Å². The Hall–Kier alpha value is -3.36. The van der Waals surface area contributed by atoms with E-state index in [2.05, 4.69) is 21.6 Å². The second-order valence-corrected chi connectivity index (χ2v) is 8.70. The van der Waals surface area contributed by atoms with Crippen LogP contribution in [-0.2, 0) is 4.79 Å². The fraction of sp³-hybridized carbons (Fsp3) is 0.250. The molecule has 3 heterocycles. The average molecular weight is 498 g/mol. The summed E-state index contributed by atoms with van der Waals surface area (Å²) in [6, 6.07) is 7.27. The lowest BCUT2D eigenvalue weighted by Gasteiger charge is -2.31. The number of methoxy groups -OCH3 is 1. The summed E-state index contributed by atoms with van der Waals surface area (Å²) in [6.45, 7) is 4.79. The van der Waals surface area contributed by atoms with Crippen LogP contribution < -0.4 is 9.47 Å². The Morgan fingerprint density at radius 2 is 1.94 bits per heavy atom. The van der Waals surface area contributed by atoms with Gasteiger partial charge in [0.25, 0.3) is 0 Å². The molecule has 4 aromatic rings. The quantitative estimate of drug-likeness (QED) is 0.367. The van der Waals surface area contributed by atoms with Gasteiger partial charge >= 0.3 is 0 Å². The molecule has 1 saturated heterocycles. The molecule has 0 atom stereocenters. The molecular formula is C24H21Cl2N5O3. The minimum atomic E-state index is -0.0589. The number of hydrogen-bond acceptors (Lipinski definition) is 6. The Bertz CT molecular complexity index is 1410. The summed E-state index contributed by atoms with van der Waals surface area (Å²) in [5, 5.41) is 6.88. The lowest BCUT2D eigenvalue weighted by atomic mass is 10.1. The molecule has 2 aromatic heterocycles. The van der Waals surface area contributed by atoms with Crippen LogP contribution in [0.2, 0.25) is 10.0 Å². The van der Waals surface area contributed by atoms with Gasteiger partial charge in [0.2, 0.25) is 5.91 Å². The SMILES string of the molecule is C=CC(=O)N1CCC(Oc2cc3c(-n4ncc5c(Cl)c(Cl)ccc54)ncnc3cc2OC)CC1. The summed E-state index contributed by atoms with van der Waals surface area (Å²) < 4.78 is 13.6. The van der Waals surface area contributed by atoms with E-state index in [4.69, 9.17) is 32.7 Å². The van der Waals surface area contributed by atoms with E-state index < -0.39 is 0 Å². The van der Waals surface area contributed by atoms with Crippen LogP contribution in [0.3, 0.4) is 0 Å². The monoisotopic (exact) mass is 497 g/mol. The molecule has 0 aliphatic carbocycles. The van der Waals surface area contributed by atoms with Gasteiger partial charge in [0, 0.05) is 42.8 Å². The average Bonchev–Trinajstić information content (AvgIpc) is 3.30. The van der Waals surface area contributed by atoms with Crippen LogP contribution in [0, 0.1) is 0 Å². The van der Waals surface area contributed by atoms with E-state index in [9.17, 15) is 4.79 Å². The minimum absolute atomic E-state index is 0.0558. The molecular weight excluding hydrogens is 477 g/mol. The number of aromatic nitrogens is 4. The van der Waals surface area contributed by atoms with Crippen LogP contribution in [0.15, 0.2) is 49.4 Å². The van der Waals surface area contributed by atoms with E-state index in [0.29, 0.717) is 58.8 Å². The van der Waals surface area contributed by atoms with Crippen LogP contribution in [0.5, 0.6) is 11.5 Å². The number of piperidine rings is 1. The molecule has 1 aliphatic heterocycles. The number of carbonyl (C=O) groups is 1. The summed E-state index contributed by atoms with van der Waals surface area (Å²) in [6.07, 6.45) is 5.85. The molecule has 34 heavy (non-hydrogen) atoms. The predicted molar refractivity (Wildman–Crippen MR) is 131 cm³/mol. The number of carbonyl (C=O) groups excluding carboxylic acids is 1. The zero-order chi connectivity index (χ0) is 23.8. The molecule has 10 heteroatoms. The molecule has 8 nitrogen and oxygen atoms in total. The van der Waals surface area contributed by atoms with Gasteiger partial charge in [0.15, 0.2) is 17.3 Å². The van der Waals surface area contributed by atoms with Gasteiger partial charge in [-0.15, -0.1) is 0 Å². The molecule has 5 rings (SSSR count). The highest BCUT2D eigenvalue weighted by Gasteiger charge is 2.24. The number of halogens is 2. The Morgan fingerprint density at radius 3 is 2.68 bits per heavy atom. The maximum atomic E-state index is 11.9. The third-order valence-corrected chi connectivity index (χ3v) is 6.78. The highest BCUT2D eigenvalue weighted by Crippen LogP contribution is 2.37. The van der Waals surface area contributed by atoms with Crippen molar-refractivity contribution in [2.45, 2.75) is 18.9 Å². The molecule has 2 aromatic carbocycles. The van der Waals surface area contributed by atoms with Crippen molar-refractivity contribution in [3.63, 3.8) is 0 Å². The standard InChI is InChI=1S/C24H21Cl2N5O3/c1-3-22(32)30-8-6-14(7-9-30)34-21-10-15-18(11-20(21)33-2)27-13-28-24(15)31-19-5-4-17(25)23(26)16(19)12-29-31/h3-5,10-14H,1,6-9H2,2H3. The van der Waals surface area contributed by atoms with Crippen LogP contribution in [0.1, 0.15) is 12.8 Å². The van der Waals surface area contributed by atoms with Gasteiger partial charge in [-0.05, 0) is 24.3 Å². The van der Waals surface area contributed by atoms with Gasteiger partial charge < -0.3 is 14.4 Å². The Balaban J connectivity index is 1.53. The fourth-order valence-corrected chi connectivity index (χ4v) is 4.56. The number of nitrogens with zero attached hydrogens (tertiary/aromatic N) is 5. The number of likely N-dealkylation sites (tertiary alicyclic amines) is 1. The summed E-state index contributed by atoms with van der Waals surface area (Å²) in [4.78, 5) is 22.6. The first-order valence-electron chi connectivity index (χ1n) is 10.7. The molecule has 1 amide bonds. The highest BCUT2D eigenvalue weighted by atomic mass is 35.5. The van der Waals surface area contributed by atoms with Gasteiger partial charge in [-0.2, -0.15) is 5.10 Å². The summed E-state index contributed by atoms with van der Waals surface area (Å²) in [5.41, 5.74) is 1.45. The molecule has 1 aliphatic rings. The summed E-state index contributed by atoms with van der Waals surface area (Å²) in [7, 11) is 1.59. The van der Waals surface area contributed by atoms with Crippen molar-refractivity contribution in [3.05, 3.63) is 59.5 Å².